The molecule has 1 aliphatic carbocycles. The predicted octanol–water partition coefficient (Wildman–Crippen LogP) is 3.43. The second kappa shape index (κ2) is 10.4. The van der Waals surface area contributed by atoms with Crippen LogP contribution in [0.25, 0.3) is 0 Å². The van der Waals surface area contributed by atoms with Gasteiger partial charge >= 0.3 is 25.8 Å². The van der Waals surface area contributed by atoms with Crippen LogP contribution in [0.2, 0.25) is 0 Å². The minimum absolute atomic E-state index is 0. The van der Waals surface area contributed by atoms with E-state index in [1.807, 2.05) is 0 Å². The van der Waals surface area contributed by atoms with Crippen LogP contribution in [-0.2, 0) is 25.8 Å². The largest absolute Gasteiger partial charge is 4.00 e. The molecule has 0 aliphatic heterocycles. The van der Waals surface area contributed by atoms with Crippen molar-refractivity contribution in [1.29, 1.82) is 0 Å². The molecule has 0 radical (unpaired) electrons. The molecule has 0 unspecified atom stereocenters. The summed E-state index contributed by atoms with van der Waals surface area (Å²) in [6.45, 7) is 4.24. The Morgan fingerprint density at radius 2 is 1.64 bits per heavy atom. The van der Waals surface area contributed by atoms with Crippen LogP contribution < -0.4 is 0 Å². The molecule has 0 aromatic heterocycles. The van der Waals surface area contributed by atoms with Crippen molar-refractivity contribution in [1.82, 2.24) is 0 Å². The van der Waals surface area contributed by atoms with Crippen LogP contribution in [0.1, 0.15) is 20.3 Å². The first-order chi connectivity index (χ1) is 3.30. The predicted molar refractivity (Wildman–Crippen MR) is 50.0 cm³/mol. The van der Waals surface area contributed by atoms with Crippen LogP contribution in [0.4, 0.5) is 0 Å². The van der Waals surface area contributed by atoms with E-state index in [-0.39, 0.29) is 48.1 Å². The van der Waals surface area contributed by atoms with Gasteiger partial charge < -0.3 is 22.3 Å². The van der Waals surface area contributed by atoms with Crippen LogP contribution >= 0.6 is 0 Å². The maximum absolute atomic E-state index is 3.12. The van der Waals surface area contributed by atoms with Gasteiger partial charge in [-0.05, 0) is 0 Å². The molecule has 0 spiro atoms. The summed E-state index contributed by atoms with van der Waals surface area (Å²) < 4.78 is 0. The average molecular weight is 317 g/mol. The summed E-state index contributed by atoms with van der Waals surface area (Å²) in [6.07, 6.45) is 6.31. The summed E-state index contributed by atoms with van der Waals surface area (Å²) in [7, 11) is 0. The molecule has 0 fully saturated rings. The fourth-order valence-corrected chi connectivity index (χ4v) is 0.634. The molecule has 1 aliphatic rings. The summed E-state index contributed by atoms with van der Waals surface area (Å²) in [5, 5.41) is 0. The van der Waals surface area contributed by atoms with Crippen molar-refractivity contribution in [3.8, 4) is 0 Å². The van der Waals surface area contributed by atoms with E-state index in [2.05, 4.69) is 26.0 Å². The topological polar surface area (TPSA) is 0 Å². The van der Waals surface area contributed by atoms with Gasteiger partial charge in [0.1, 0.15) is 0 Å². The molecule has 1 heteroatoms. The monoisotopic (exact) mass is 318 g/mol. The Hall–Kier alpha value is 0.350. The minimum atomic E-state index is 0. The summed E-state index contributed by atoms with van der Waals surface area (Å²) in [5.41, 5.74) is 2.78. The van der Waals surface area contributed by atoms with Gasteiger partial charge in [0.25, 0.3) is 0 Å². The van der Waals surface area contributed by atoms with E-state index < -0.39 is 0 Å². The summed E-state index contributed by atoms with van der Waals surface area (Å²) >= 11 is 0. The van der Waals surface area contributed by atoms with Gasteiger partial charge in [0, 0.05) is 0 Å². The van der Waals surface area contributed by atoms with E-state index >= 15 is 0 Å². The minimum Gasteiger partial charge on any atom is -0.358 e. The fourth-order valence-electron chi connectivity index (χ4n) is 0.634. The normalized spacial score (nSPS) is 12.2. The van der Waals surface area contributed by atoms with Gasteiger partial charge in [-0.15, -0.1) is 6.92 Å². The molecular weight excluding hydrogens is 299 g/mol. The molecule has 0 N–H and O–H groups in total. The molecule has 11 heavy (non-hydrogen) atoms. The van der Waals surface area contributed by atoms with Gasteiger partial charge in [-0.25, -0.2) is 11.1 Å². The maximum atomic E-state index is 3.12. The van der Waals surface area contributed by atoms with Gasteiger partial charge in [-0.3, -0.25) is 6.08 Å². The second-order valence-electron chi connectivity index (χ2n) is 1.96. The molecule has 0 nitrogen and oxygen atoms in total. The maximum Gasteiger partial charge on any atom is 4.00 e. The third-order valence-electron chi connectivity index (χ3n) is 1.37. The Labute approximate surface area is 91.6 Å². The number of hydrogen-bond donors (Lipinski definition) is 0. The molecule has 0 aromatic rings. The summed E-state index contributed by atoms with van der Waals surface area (Å²) in [5.74, 6) is 0. The Bertz CT molecular complexity index is 132. The molecule has 0 saturated carbocycles. The molecule has 1 rings (SSSR count). The van der Waals surface area contributed by atoms with Crippen LogP contribution in [-0.4, -0.2) is 0 Å². The Balaban J connectivity index is -0.0000000612. The number of rotatable bonds is 0. The van der Waals surface area contributed by atoms with Crippen molar-refractivity contribution in [3.05, 3.63) is 45.6 Å². The first kappa shape index (κ1) is 22.5. The molecule has 0 amide bonds. The fraction of sp³-hybridized carbons (Fsp3) is 0.300. The van der Waals surface area contributed by atoms with Crippen LogP contribution in [0.15, 0.2) is 17.2 Å². The zero-order valence-corrected chi connectivity index (χ0v) is 11.9. The van der Waals surface area contributed by atoms with Gasteiger partial charge in [0.05, 0.1) is 0 Å². The van der Waals surface area contributed by atoms with Crippen molar-refractivity contribution in [3.63, 3.8) is 0 Å². The first-order valence-corrected chi connectivity index (χ1v) is 2.55. The van der Waals surface area contributed by atoms with Crippen LogP contribution in [0.5, 0.6) is 0 Å². The van der Waals surface area contributed by atoms with E-state index in [0.29, 0.717) is 0 Å². The van der Waals surface area contributed by atoms with E-state index in [1.165, 1.54) is 11.1 Å². The molecule has 0 aromatic carbocycles. The molecule has 62 valence electrons. The summed E-state index contributed by atoms with van der Waals surface area (Å²) in [4.78, 5) is 0. The van der Waals surface area contributed by atoms with E-state index in [9.17, 15) is 0 Å². The zero-order valence-electron chi connectivity index (χ0n) is 8.28. The second-order valence-corrected chi connectivity index (χ2v) is 1.96. The van der Waals surface area contributed by atoms with Gasteiger partial charge in [-0.2, -0.15) is 6.08 Å². The Morgan fingerprint density at radius 3 is 1.73 bits per heavy atom. The van der Waals surface area contributed by atoms with Crippen molar-refractivity contribution in [2.75, 3.05) is 0 Å². The van der Waals surface area contributed by atoms with Crippen LogP contribution in [0.3, 0.4) is 0 Å². The van der Waals surface area contributed by atoms with Crippen LogP contribution in [0, 0.1) is 28.4 Å². The summed E-state index contributed by atoms with van der Waals surface area (Å²) in [6, 6.07) is 0. The molecular formula is C10H18Hf. The molecule has 0 heterocycles. The van der Waals surface area contributed by atoms with Crippen molar-refractivity contribution >= 4 is 0 Å². The zero-order chi connectivity index (χ0) is 5.28. The van der Waals surface area contributed by atoms with Crippen molar-refractivity contribution < 1.29 is 25.8 Å². The third kappa shape index (κ3) is 6.74. The number of hydrogen-bond acceptors (Lipinski definition) is 0. The van der Waals surface area contributed by atoms with Crippen molar-refractivity contribution in [2.45, 2.75) is 20.3 Å². The van der Waals surface area contributed by atoms with E-state index in [0.717, 1.165) is 6.42 Å². The molecule has 0 saturated heterocycles. The molecule has 0 atom stereocenters. The van der Waals surface area contributed by atoms with Gasteiger partial charge in [0.15, 0.2) is 0 Å². The average Bonchev–Trinajstić information content (AvgIpc) is 1.91. The third-order valence-corrected chi connectivity index (χ3v) is 1.37. The van der Waals surface area contributed by atoms with Crippen molar-refractivity contribution in [2.24, 2.45) is 0 Å². The molecule has 0 bridgehead atoms. The Kier molecular flexibility index (Phi) is 21.2. The number of allylic oxidation sites excluding steroid dienone is 4. The Morgan fingerprint density at radius 1 is 1.18 bits per heavy atom. The first-order valence-electron chi connectivity index (χ1n) is 2.55. The quantitative estimate of drug-likeness (QED) is 0.474. The van der Waals surface area contributed by atoms with Gasteiger partial charge in [-0.1, -0.05) is 13.3 Å². The van der Waals surface area contributed by atoms with E-state index in [4.69, 9.17) is 0 Å². The van der Waals surface area contributed by atoms with Gasteiger partial charge in [0.2, 0.25) is 0 Å². The standard InChI is InChI=1S/C7H9.3CH3.Hf/c1-6-4-3-5-7(6)2;;;;/h3H,4H2,1-2H3;3*1H3;/q4*-1;+4. The SMILES string of the molecule is CC1=C(C)CC=[C-]1.[CH3-].[CH3-].[CH3-].[Hf+4]. The smallest absolute Gasteiger partial charge is 0.358 e. The van der Waals surface area contributed by atoms with E-state index in [1.54, 1.807) is 0 Å².